The predicted octanol–water partition coefficient (Wildman–Crippen LogP) is 1.24. The van der Waals surface area contributed by atoms with Gasteiger partial charge in [0.25, 0.3) is 0 Å². The number of aromatic nitrogens is 4. The zero-order valence-corrected chi connectivity index (χ0v) is 11.4. The molecule has 0 saturated carbocycles. The van der Waals surface area contributed by atoms with Crippen LogP contribution in [0.15, 0.2) is 18.2 Å². The number of anilines is 2. The molecule has 1 fully saturated rings. The summed E-state index contributed by atoms with van der Waals surface area (Å²) >= 11 is 0. The van der Waals surface area contributed by atoms with Gasteiger partial charge in [-0.05, 0) is 48.4 Å². The normalized spacial score (nSPS) is 22.9. The molecule has 7 heteroatoms. The molecule has 20 heavy (non-hydrogen) atoms. The van der Waals surface area contributed by atoms with Crippen LogP contribution in [0.2, 0.25) is 0 Å². The van der Waals surface area contributed by atoms with Crippen LogP contribution in [0.3, 0.4) is 0 Å². The van der Waals surface area contributed by atoms with Gasteiger partial charge in [-0.3, -0.25) is 0 Å². The Bertz CT molecular complexity index is 611. The Balaban J connectivity index is 1.97. The Morgan fingerprint density at radius 2 is 2.20 bits per heavy atom. The van der Waals surface area contributed by atoms with Gasteiger partial charge in [-0.25, -0.2) is 4.68 Å². The number of nitrogens with zero attached hydrogens (tertiary/aromatic N) is 4. The highest BCUT2D eigenvalue weighted by molar-refractivity contribution is 5.74. The van der Waals surface area contributed by atoms with E-state index >= 15 is 0 Å². The standard InChI is InChI=1S/C13H18N6O/c1-8-6-10(4-5-20-8)19-13(16-17-18-19)11-3-2-9(14)7-12(11)15/h2-3,7-8,10H,4-6,14-15H2,1H3. The van der Waals surface area contributed by atoms with E-state index in [0.717, 1.165) is 25.0 Å². The quantitative estimate of drug-likeness (QED) is 0.798. The van der Waals surface area contributed by atoms with Gasteiger partial charge in [0.1, 0.15) is 0 Å². The maximum atomic E-state index is 6.02. The summed E-state index contributed by atoms with van der Waals surface area (Å²) in [5.41, 5.74) is 13.8. The molecule has 0 radical (unpaired) electrons. The van der Waals surface area contributed by atoms with Crippen LogP contribution in [0.25, 0.3) is 11.4 Å². The summed E-state index contributed by atoms with van der Waals surface area (Å²) in [5.74, 6) is 0.682. The highest BCUT2D eigenvalue weighted by atomic mass is 16.5. The highest BCUT2D eigenvalue weighted by Crippen LogP contribution is 2.31. The molecule has 1 aromatic heterocycles. The third-order valence-electron chi connectivity index (χ3n) is 3.61. The molecule has 0 spiro atoms. The van der Waals surface area contributed by atoms with Gasteiger partial charge in [-0.1, -0.05) is 0 Å². The van der Waals surface area contributed by atoms with Crippen molar-refractivity contribution in [3.63, 3.8) is 0 Å². The summed E-state index contributed by atoms with van der Waals surface area (Å²) in [6.45, 7) is 2.79. The predicted molar refractivity (Wildman–Crippen MR) is 75.8 cm³/mol. The molecule has 2 atom stereocenters. The van der Waals surface area contributed by atoms with E-state index in [1.54, 1.807) is 12.1 Å². The number of hydrogen-bond acceptors (Lipinski definition) is 6. The Labute approximate surface area is 116 Å². The van der Waals surface area contributed by atoms with Gasteiger partial charge < -0.3 is 16.2 Å². The zero-order valence-electron chi connectivity index (χ0n) is 11.4. The first-order chi connectivity index (χ1) is 9.65. The first-order valence-electron chi connectivity index (χ1n) is 6.70. The van der Waals surface area contributed by atoms with E-state index in [1.165, 1.54) is 0 Å². The fraction of sp³-hybridized carbons (Fsp3) is 0.462. The van der Waals surface area contributed by atoms with E-state index < -0.39 is 0 Å². The van der Waals surface area contributed by atoms with Gasteiger partial charge in [-0.15, -0.1) is 5.10 Å². The largest absolute Gasteiger partial charge is 0.399 e. The molecule has 2 aromatic rings. The molecule has 106 valence electrons. The minimum atomic E-state index is 0.217. The van der Waals surface area contributed by atoms with Crippen LogP contribution < -0.4 is 11.5 Å². The number of benzene rings is 1. The van der Waals surface area contributed by atoms with E-state index in [4.69, 9.17) is 16.2 Å². The SMILES string of the molecule is CC1CC(n2nnnc2-c2ccc(N)cc2N)CCO1. The lowest BCUT2D eigenvalue weighted by Gasteiger charge is -2.27. The minimum absolute atomic E-state index is 0.217. The van der Waals surface area contributed by atoms with Crippen molar-refractivity contribution < 1.29 is 4.74 Å². The van der Waals surface area contributed by atoms with Crippen LogP contribution >= 0.6 is 0 Å². The average molecular weight is 274 g/mol. The van der Waals surface area contributed by atoms with Gasteiger partial charge in [0.05, 0.1) is 12.1 Å². The fourth-order valence-corrected chi connectivity index (χ4v) is 2.60. The van der Waals surface area contributed by atoms with E-state index in [2.05, 4.69) is 22.4 Å². The van der Waals surface area contributed by atoms with Crippen molar-refractivity contribution in [1.29, 1.82) is 0 Å². The molecular weight excluding hydrogens is 256 g/mol. The second-order valence-corrected chi connectivity index (χ2v) is 5.15. The molecule has 1 aliphatic rings. The van der Waals surface area contributed by atoms with Gasteiger partial charge in [0.2, 0.25) is 0 Å². The second kappa shape index (κ2) is 5.09. The lowest BCUT2D eigenvalue weighted by atomic mass is 10.0. The van der Waals surface area contributed by atoms with Crippen LogP contribution in [0.5, 0.6) is 0 Å². The van der Waals surface area contributed by atoms with Crippen LogP contribution in [-0.2, 0) is 4.74 Å². The van der Waals surface area contributed by atoms with Gasteiger partial charge >= 0.3 is 0 Å². The topological polar surface area (TPSA) is 105 Å². The maximum Gasteiger partial charge on any atom is 0.184 e. The summed E-state index contributed by atoms with van der Waals surface area (Å²) in [6, 6.07) is 5.62. The van der Waals surface area contributed by atoms with Gasteiger partial charge in [0, 0.05) is 23.5 Å². The van der Waals surface area contributed by atoms with Gasteiger partial charge in [-0.2, -0.15) is 0 Å². The van der Waals surface area contributed by atoms with Crippen molar-refractivity contribution in [1.82, 2.24) is 20.2 Å². The third-order valence-corrected chi connectivity index (χ3v) is 3.61. The first-order valence-corrected chi connectivity index (χ1v) is 6.70. The number of ether oxygens (including phenoxy) is 1. The lowest BCUT2D eigenvalue weighted by Crippen LogP contribution is -2.26. The Hall–Kier alpha value is -2.15. The van der Waals surface area contributed by atoms with Crippen LogP contribution in [0.1, 0.15) is 25.8 Å². The van der Waals surface area contributed by atoms with Crippen molar-refractivity contribution >= 4 is 11.4 Å². The van der Waals surface area contributed by atoms with Crippen LogP contribution in [0.4, 0.5) is 11.4 Å². The zero-order chi connectivity index (χ0) is 14.1. The summed E-state index contributed by atoms with van der Waals surface area (Å²) in [4.78, 5) is 0. The van der Waals surface area contributed by atoms with E-state index in [0.29, 0.717) is 17.2 Å². The third kappa shape index (κ3) is 2.32. The van der Waals surface area contributed by atoms with Crippen molar-refractivity contribution in [2.24, 2.45) is 0 Å². The lowest BCUT2D eigenvalue weighted by molar-refractivity contribution is 0.00351. The number of nitrogen functional groups attached to an aromatic ring is 2. The molecule has 2 unspecified atom stereocenters. The monoisotopic (exact) mass is 274 g/mol. The molecule has 3 rings (SSSR count). The molecule has 1 aromatic carbocycles. The second-order valence-electron chi connectivity index (χ2n) is 5.15. The summed E-state index contributed by atoms with van der Waals surface area (Å²) in [5, 5.41) is 12.0. The Kier molecular flexibility index (Phi) is 3.27. The Morgan fingerprint density at radius 3 is 2.95 bits per heavy atom. The molecule has 2 heterocycles. The van der Waals surface area contributed by atoms with Crippen LogP contribution in [-0.4, -0.2) is 32.9 Å². The van der Waals surface area contributed by atoms with E-state index in [1.807, 2.05) is 10.7 Å². The summed E-state index contributed by atoms with van der Waals surface area (Å²) in [7, 11) is 0. The highest BCUT2D eigenvalue weighted by Gasteiger charge is 2.25. The van der Waals surface area contributed by atoms with E-state index in [9.17, 15) is 0 Å². The number of tetrazole rings is 1. The number of hydrogen-bond donors (Lipinski definition) is 2. The molecule has 1 saturated heterocycles. The summed E-state index contributed by atoms with van der Waals surface area (Å²) < 4.78 is 7.42. The van der Waals surface area contributed by atoms with Gasteiger partial charge in [0.15, 0.2) is 5.82 Å². The molecule has 0 amide bonds. The van der Waals surface area contributed by atoms with Crippen molar-refractivity contribution in [3.8, 4) is 11.4 Å². The smallest absolute Gasteiger partial charge is 0.184 e. The minimum Gasteiger partial charge on any atom is -0.399 e. The number of rotatable bonds is 2. The molecular formula is C13H18N6O. The summed E-state index contributed by atoms with van der Waals surface area (Å²) in [6.07, 6.45) is 2.01. The van der Waals surface area contributed by atoms with Crippen molar-refractivity contribution in [2.75, 3.05) is 18.1 Å². The molecule has 4 N–H and O–H groups in total. The fourth-order valence-electron chi connectivity index (χ4n) is 2.60. The number of nitrogens with two attached hydrogens (primary N) is 2. The van der Waals surface area contributed by atoms with Crippen LogP contribution in [0, 0.1) is 0 Å². The molecule has 0 bridgehead atoms. The van der Waals surface area contributed by atoms with Crippen molar-refractivity contribution in [3.05, 3.63) is 18.2 Å². The maximum absolute atomic E-state index is 6.02. The van der Waals surface area contributed by atoms with Crippen molar-refractivity contribution in [2.45, 2.75) is 31.9 Å². The molecule has 1 aliphatic heterocycles. The first kappa shape index (κ1) is 12.9. The average Bonchev–Trinajstić information content (AvgIpc) is 2.87. The molecule has 0 aliphatic carbocycles. The Morgan fingerprint density at radius 1 is 1.35 bits per heavy atom. The molecule has 7 nitrogen and oxygen atoms in total. The van der Waals surface area contributed by atoms with E-state index in [-0.39, 0.29) is 12.1 Å².